The Kier molecular flexibility index (Phi) is 5.92. The van der Waals surface area contributed by atoms with Crippen LogP contribution in [-0.4, -0.2) is 55.7 Å². The molecule has 2 heterocycles. The largest absolute Gasteiger partial charge is 0.492 e. The number of anilines is 1. The van der Waals surface area contributed by atoms with Crippen LogP contribution in [0.15, 0.2) is 54.6 Å². The molecule has 0 fully saturated rings. The molecule has 0 bridgehead atoms. The number of hydrogen-bond donors (Lipinski definition) is 1. The third kappa shape index (κ3) is 4.21. The number of aromatic amines is 1. The van der Waals surface area contributed by atoms with Gasteiger partial charge in [0.25, 0.3) is 5.91 Å². The summed E-state index contributed by atoms with van der Waals surface area (Å²) < 4.78 is 12.0. The van der Waals surface area contributed by atoms with Gasteiger partial charge in [-0.3, -0.25) is 4.79 Å². The number of likely N-dealkylation sites (N-methyl/N-ethyl adjacent to an activating group) is 1. The summed E-state index contributed by atoms with van der Waals surface area (Å²) in [6.45, 7) is 6.16. The van der Waals surface area contributed by atoms with E-state index in [1.165, 1.54) is 5.56 Å². The molecular weight excluding hydrogens is 426 g/mol. The SMILES string of the molecule is CC(C)Oc1cc2c(c3ccccc13)CCN2C(=O)c1cc2cc(OCCN(C)C)ccc2[nH]1. The van der Waals surface area contributed by atoms with Gasteiger partial charge in [0.1, 0.15) is 23.8 Å². The second-order valence-corrected chi connectivity index (χ2v) is 9.38. The lowest BCUT2D eigenvalue weighted by Crippen LogP contribution is -2.29. The van der Waals surface area contributed by atoms with Gasteiger partial charge < -0.3 is 24.3 Å². The molecule has 0 unspecified atom stereocenters. The molecule has 34 heavy (non-hydrogen) atoms. The highest BCUT2D eigenvalue weighted by Gasteiger charge is 2.29. The van der Waals surface area contributed by atoms with E-state index < -0.39 is 0 Å². The quantitative estimate of drug-likeness (QED) is 0.412. The number of carbonyl (C=O) groups excluding carboxylic acids is 1. The first-order valence-electron chi connectivity index (χ1n) is 11.8. The molecule has 1 aliphatic heterocycles. The van der Waals surface area contributed by atoms with E-state index in [1.807, 2.05) is 75.3 Å². The minimum Gasteiger partial charge on any atom is -0.492 e. The van der Waals surface area contributed by atoms with Crippen molar-refractivity contribution < 1.29 is 14.3 Å². The fourth-order valence-corrected chi connectivity index (χ4v) is 4.61. The zero-order valence-electron chi connectivity index (χ0n) is 20.2. The molecule has 0 saturated heterocycles. The van der Waals surface area contributed by atoms with E-state index in [9.17, 15) is 4.79 Å². The van der Waals surface area contributed by atoms with Crippen LogP contribution in [0, 0.1) is 0 Å². The number of aromatic nitrogens is 1. The van der Waals surface area contributed by atoms with Crippen LogP contribution in [0.1, 0.15) is 29.9 Å². The van der Waals surface area contributed by atoms with Crippen LogP contribution >= 0.6 is 0 Å². The number of fused-ring (bicyclic) bond motifs is 4. The molecular formula is C28H31N3O3. The van der Waals surface area contributed by atoms with Gasteiger partial charge in [0.15, 0.2) is 0 Å². The standard InChI is InChI=1S/C28H31N3O3/c1-18(2)34-27-17-26-22(21-7-5-6-8-23(21)27)11-12-31(26)28(32)25-16-19-15-20(9-10-24(19)29-25)33-14-13-30(3)4/h5-10,15-18,29H,11-14H2,1-4H3. The molecule has 0 saturated carbocycles. The second-order valence-electron chi connectivity index (χ2n) is 9.38. The summed E-state index contributed by atoms with van der Waals surface area (Å²) in [5.74, 6) is 1.59. The first kappa shape index (κ1) is 22.3. The lowest BCUT2D eigenvalue weighted by Gasteiger charge is -2.20. The molecule has 1 aromatic heterocycles. The van der Waals surface area contributed by atoms with Gasteiger partial charge in [0, 0.05) is 35.4 Å². The smallest absolute Gasteiger partial charge is 0.274 e. The highest BCUT2D eigenvalue weighted by atomic mass is 16.5. The van der Waals surface area contributed by atoms with Gasteiger partial charge in [-0.25, -0.2) is 0 Å². The number of hydrogen-bond acceptors (Lipinski definition) is 4. The molecule has 1 aliphatic rings. The normalized spacial score (nSPS) is 13.3. The van der Waals surface area contributed by atoms with E-state index in [-0.39, 0.29) is 12.0 Å². The zero-order chi connectivity index (χ0) is 23.8. The molecule has 1 amide bonds. The summed E-state index contributed by atoms with van der Waals surface area (Å²) in [6.07, 6.45) is 0.878. The van der Waals surface area contributed by atoms with Gasteiger partial charge >= 0.3 is 0 Å². The summed E-state index contributed by atoms with van der Waals surface area (Å²) in [5.41, 5.74) is 3.64. The summed E-state index contributed by atoms with van der Waals surface area (Å²) >= 11 is 0. The molecule has 6 heteroatoms. The van der Waals surface area contributed by atoms with Crippen LogP contribution in [0.4, 0.5) is 5.69 Å². The van der Waals surface area contributed by atoms with Crippen LogP contribution in [0.25, 0.3) is 21.7 Å². The lowest BCUT2D eigenvalue weighted by molar-refractivity contribution is 0.0985. The predicted molar refractivity (Wildman–Crippen MR) is 137 cm³/mol. The number of H-pyrrole nitrogens is 1. The van der Waals surface area contributed by atoms with Gasteiger partial charge in [0.05, 0.1) is 11.8 Å². The molecule has 1 N–H and O–H groups in total. The Bertz CT molecular complexity index is 1360. The predicted octanol–water partition coefficient (Wildman–Crippen LogP) is 5.25. The average molecular weight is 458 g/mol. The van der Waals surface area contributed by atoms with Crippen molar-refractivity contribution in [2.75, 3.05) is 38.7 Å². The van der Waals surface area contributed by atoms with Crippen LogP contribution in [-0.2, 0) is 6.42 Å². The third-order valence-corrected chi connectivity index (χ3v) is 6.21. The van der Waals surface area contributed by atoms with Crippen molar-refractivity contribution >= 4 is 33.3 Å². The summed E-state index contributed by atoms with van der Waals surface area (Å²) in [6, 6.07) is 18.1. The molecule has 5 rings (SSSR count). The van der Waals surface area contributed by atoms with Crippen molar-refractivity contribution in [3.63, 3.8) is 0 Å². The fourth-order valence-electron chi connectivity index (χ4n) is 4.61. The average Bonchev–Trinajstić information content (AvgIpc) is 3.42. The van der Waals surface area contributed by atoms with E-state index in [1.54, 1.807) is 0 Å². The van der Waals surface area contributed by atoms with Gasteiger partial charge in [-0.15, -0.1) is 0 Å². The maximum atomic E-state index is 13.6. The number of benzene rings is 3. The zero-order valence-corrected chi connectivity index (χ0v) is 20.2. The fraction of sp³-hybridized carbons (Fsp3) is 0.321. The Balaban J connectivity index is 1.46. The van der Waals surface area contributed by atoms with Crippen molar-refractivity contribution in [3.8, 4) is 11.5 Å². The second kappa shape index (κ2) is 9.03. The third-order valence-electron chi connectivity index (χ3n) is 6.21. The minimum atomic E-state index is -0.0317. The van der Waals surface area contributed by atoms with Crippen LogP contribution < -0.4 is 14.4 Å². The highest BCUT2D eigenvalue weighted by molar-refractivity contribution is 6.11. The summed E-state index contributed by atoms with van der Waals surface area (Å²) in [5, 5.41) is 3.21. The van der Waals surface area contributed by atoms with Crippen molar-refractivity contribution in [2.24, 2.45) is 0 Å². The number of nitrogens with zero attached hydrogens (tertiary/aromatic N) is 2. The number of ether oxygens (including phenoxy) is 2. The molecule has 0 spiro atoms. The molecule has 176 valence electrons. The maximum absolute atomic E-state index is 13.6. The van der Waals surface area contributed by atoms with Gasteiger partial charge in [-0.05, 0) is 69.6 Å². The van der Waals surface area contributed by atoms with Crippen molar-refractivity contribution in [3.05, 3.63) is 65.9 Å². The topological polar surface area (TPSA) is 57.8 Å². The van der Waals surface area contributed by atoms with Crippen molar-refractivity contribution in [2.45, 2.75) is 26.4 Å². The number of amides is 1. The Morgan fingerprint density at radius 3 is 2.65 bits per heavy atom. The van der Waals surface area contributed by atoms with E-state index in [4.69, 9.17) is 9.47 Å². The molecule has 0 radical (unpaired) electrons. The van der Waals surface area contributed by atoms with Crippen molar-refractivity contribution in [1.29, 1.82) is 0 Å². The number of carbonyl (C=O) groups is 1. The first-order valence-corrected chi connectivity index (χ1v) is 11.8. The molecule has 0 atom stereocenters. The highest BCUT2D eigenvalue weighted by Crippen LogP contribution is 2.41. The molecule has 4 aromatic rings. The van der Waals surface area contributed by atoms with E-state index in [0.717, 1.165) is 51.8 Å². The lowest BCUT2D eigenvalue weighted by atomic mass is 10.0. The molecule has 0 aliphatic carbocycles. The van der Waals surface area contributed by atoms with Gasteiger partial charge in [0.2, 0.25) is 0 Å². The van der Waals surface area contributed by atoms with E-state index >= 15 is 0 Å². The minimum absolute atomic E-state index is 0.0317. The van der Waals surface area contributed by atoms with Crippen LogP contribution in [0.2, 0.25) is 0 Å². The summed E-state index contributed by atoms with van der Waals surface area (Å²) in [7, 11) is 4.04. The maximum Gasteiger partial charge on any atom is 0.274 e. The van der Waals surface area contributed by atoms with E-state index in [2.05, 4.69) is 22.0 Å². The Morgan fingerprint density at radius 1 is 1.09 bits per heavy atom. The Morgan fingerprint density at radius 2 is 1.88 bits per heavy atom. The van der Waals surface area contributed by atoms with Crippen LogP contribution in [0.5, 0.6) is 11.5 Å². The Hall–Kier alpha value is -3.51. The van der Waals surface area contributed by atoms with Crippen molar-refractivity contribution in [1.82, 2.24) is 9.88 Å². The number of rotatable bonds is 7. The Labute approximate surface area is 200 Å². The number of nitrogens with one attached hydrogen (secondary N) is 1. The molecule has 6 nitrogen and oxygen atoms in total. The van der Waals surface area contributed by atoms with Gasteiger partial charge in [-0.2, -0.15) is 0 Å². The van der Waals surface area contributed by atoms with E-state index in [0.29, 0.717) is 18.8 Å². The first-order chi connectivity index (χ1) is 16.4. The van der Waals surface area contributed by atoms with Crippen LogP contribution in [0.3, 0.4) is 0 Å². The summed E-state index contributed by atoms with van der Waals surface area (Å²) in [4.78, 5) is 20.9. The molecule has 3 aromatic carbocycles. The monoisotopic (exact) mass is 457 g/mol. The van der Waals surface area contributed by atoms with Gasteiger partial charge in [-0.1, -0.05) is 24.3 Å².